The summed E-state index contributed by atoms with van der Waals surface area (Å²) < 4.78 is 20.6. The molecule has 10 nitrogen and oxygen atoms in total. The third kappa shape index (κ3) is 6.92. The van der Waals surface area contributed by atoms with Crippen molar-refractivity contribution in [2.45, 2.75) is 39.2 Å². The molecular weight excluding hydrogens is 525 g/mol. The standard InChI is InChI=1S/C30H34FN7O3/c1-3-32-29(40)21-7-11-25(26(18-21)41-4-2)34-30-35-27-12-10-24(19-38(27)36-30)37-15-13-23(14-16-37)33-28(39)17-20-5-8-22(31)9-6-20/h5-12,18-19,23H,3-4,13-17H2,1-2H3,(H,32,40)(H,33,39)(H,34,36). The lowest BCUT2D eigenvalue weighted by molar-refractivity contribution is -0.121. The molecule has 2 aromatic carbocycles. The van der Waals surface area contributed by atoms with Gasteiger partial charge in [-0.05, 0) is 74.7 Å². The van der Waals surface area contributed by atoms with Gasteiger partial charge in [-0.2, -0.15) is 4.98 Å². The molecule has 0 bridgehead atoms. The van der Waals surface area contributed by atoms with Crippen molar-refractivity contribution in [3.63, 3.8) is 0 Å². The highest BCUT2D eigenvalue weighted by Gasteiger charge is 2.22. The topological polar surface area (TPSA) is 113 Å². The number of fused-ring (bicyclic) bond motifs is 1. The van der Waals surface area contributed by atoms with Crippen molar-refractivity contribution in [2.24, 2.45) is 0 Å². The Morgan fingerprint density at radius 3 is 2.56 bits per heavy atom. The van der Waals surface area contributed by atoms with E-state index in [1.54, 1.807) is 34.8 Å². The van der Waals surface area contributed by atoms with E-state index in [1.807, 2.05) is 32.2 Å². The number of nitrogens with zero attached hydrogens (tertiary/aromatic N) is 4. The molecule has 2 amide bonds. The van der Waals surface area contributed by atoms with Crippen LogP contribution in [-0.2, 0) is 11.2 Å². The third-order valence-corrected chi connectivity index (χ3v) is 6.95. The molecule has 41 heavy (non-hydrogen) atoms. The predicted octanol–water partition coefficient (Wildman–Crippen LogP) is 4.09. The number of ether oxygens (including phenoxy) is 1. The fourth-order valence-corrected chi connectivity index (χ4v) is 4.89. The van der Waals surface area contributed by atoms with Gasteiger partial charge in [0.05, 0.1) is 30.6 Å². The minimum atomic E-state index is -0.307. The molecule has 0 aliphatic carbocycles. The Morgan fingerprint density at radius 2 is 1.83 bits per heavy atom. The van der Waals surface area contributed by atoms with Gasteiger partial charge in [0.15, 0.2) is 5.65 Å². The second kappa shape index (κ2) is 12.7. The first-order valence-corrected chi connectivity index (χ1v) is 13.9. The maximum Gasteiger partial charge on any atom is 0.251 e. The Labute approximate surface area is 237 Å². The lowest BCUT2D eigenvalue weighted by Crippen LogP contribution is -2.45. The van der Waals surface area contributed by atoms with Crippen molar-refractivity contribution in [1.82, 2.24) is 25.2 Å². The van der Waals surface area contributed by atoms with E-state index in [0.29, 0.717) is 41.7 Å². The molecule has 2 aromatic heterocycles. The molecule has 0 spiro atoms. The first-order valence-electron chi connectivity index (χ1n) is 13.9. The van der Waals surface area contributed by atoms with Gasteiger partial charge in [-0.25, -0.2) is 8.91 Å². The van der Waals surface area contributed by atoms with Crippen LogP contribution in [0.1, 0.15) is 42.6 Å². The summed E-state index contributed by atoms with van der Waals surface area (Å²) in [7, 11) is 0. The van der Waals surface area contributed by atoms with E-state index in [-0.39, 0.29) is 30.1 Å². The van der Waals surface area contributed by atoms with Crippen LogP contribution in [0.5, 0.6) is 5.75 Å². The van der Waals surface area contributed by atoms with Gasteiger partial charge in [-0.1, -0.05) is 12.1 Å². The largest absolute Gasteiger partial charge is 0.492 e. The van der Waals surface area contributed by atoms with E-state index < -0.39 is 0 Å². The van der Waals surface area contributed by atoms with Crippen molar-refractivity contribution in [1.29, 1.82) is 0 Å². The van der Waals surface area contributed by atoms with Crippen LogP contribution in [0.4, 0.5) is 21.7 Å². The predicted molar refractivity (Wildman–Crippen MR) is 155 cm³/mol. The molecule has 4 aromatic rings. The molecule has 0 atom stereocenters. The van der Waals surface area contributed by atoms with Gasteiger partial charge in [0.2, 0.25) is 11.9 Å². The quantitative estimate of drug-likeness (QED) is 0.268. The average Bonchev–Trinajstić information content (AvgIpc) is 3.37. The Balaban J connectivity index is 1.20. The summed E-state index contributed by atoms with van der Waals surface area (Å²) in [5, 5.41) is 13.7. The highest BCUT2D eigenvalue weighted by Crippen LogP contribution is 2.29. The molecule has 0 saturated carbocycles. The summed E-state index contributed by atoms with van der Waals surface area (Å²) in [6.45, 7) is 6.34. The number of benzene rings is 2. The lowest BCUT2D eigenvalue weighted by Gasteiger charge is -2.33. The van der Waals surface area contributed by atoms with Crippen LogP contribution in [0.2, 0.25) is 0 Å². The van der Waals surface area contributed by atoms with E-state index in [0.717, 1.165) is 37.2 Å². The summed E-state index contributed by atoms with van der Waals surface area (Å²) >= 11 is 0. The van der Waals surface area contributed by atoms with Crippen LogP contribution in [0, 0.1) is 5.82 Å². The molecule has 0 unspecified atom stereocenters. The molecule has 0 radical (unpaired) electrons. The summed E-state index contributed by atoms with van der Waals surface area (Å²) in [4.78, 5) is 31.6. The highest BCUT2D eigenvalue weighted by molar-refractivity contribution is 5.95. The van der Waals surface area contributed by atoms with E-state index in [4.69, 9.17) is 4.74 Å². The molecule has 3 N–H and O–H groups in total. The van der Waals surface area contributed by atoms with Gasteiger partial charge in [0.1, 0.15) is 11.6 Å². The molecule has 1 saturated heterocycles. The molecule has 214 valence electrons. The fourth-order valence-electron chi connectivity index (χ4n) is 4.89. The van der Waals surface area contributed by atoms with Crippen molar-refractivity contribution in [3.8, 4) is 5.75 Å². The van der Waals surface area contributed by atoms with Crippen molar-refractivity contribution in [2.75, 3.05) is 36.5 Å². The maximum atomic E-state index is 13.1. The number of rotatable bonds is 10. The number of piperidine rings is 1. The number of anilines is 3. The number of hydrogen-bond acceptors (Lipinski definition) is 7. The van der Waals surface area contributed by atoms with Crippen LogP contribution < -0.4 is 25.6 Å². The van der Waals surface area contributed by atoms with E-state index >= 15 is 0 Å². The minimum absolute atomic E-state index is 0.0505. The zero-order chi connectivity index (χ0) is 28.8. The normalized spacial score (nSPS) is 13.7. The lowest BCUT2D eigenvalue weighted by atomic mass is 10.0. The van der Waals surface area contributed by atoms with Crippen molar-refractivity contribution < 1.29 is 18.7 Å². The number of halogens is 1. The van der Waals surface area contributed by atoms with Crippen LogP contribution in [0.3, 0.4) is 0 Å². The Bertz CT molecular complexity index is 1510. The molecule has 11 heteroatoms. The Kier molecular flexibility index (Phi) is 8.61. The number of carbonyl (C=O) groups is 2. The summed E-state index contributed by atoms with van der Waals surface area (Å²) in [6, 6.07) is 15.3. The number of aromatic nitrogens is 3. The zero-order valence-corrected chi connectivity index (χ0v) is 23.2. The second-order valence-corrected chi connectivity index (χ2v) is 9.89. The number of carbonyl (C=O) groups excluding carboxylic acids is 2. The van der Waals surface area contributed by atoms with Crippen molar-refractivity contribution >= 4 is 34.8 Å². The second-order valence-electron chi connectivity index (χ2n) is 9.89. The number of pyridine rings is 1. The van der Waals surface area contributed by atoms with Gasteiger partial charge in [-0.3, -0.25) is 9.59 Å². The summed E-state index contributed by atoms with van der Waals surface area (Å²) in [6.07, 6.45) is 3.83. The first kappa shape index (κ1) is 27.9. The van der Waals surface area contributed by atoms with Crippen LogP contribution in [0.25, 0.3) is 5.65 Å². The summed E-state index contributed by atoms with van der Waals surface area (Å²) in [5.74, 6) is 0.443. The highest BCUT2D eigenvalue weighted by atomic mass is 19.1. The average molecular weight is 560 g/mol. The van der Waals surface area contributed by atoms with Crippen LogP contribution in [-0.4, -0.2) is 58.7 Å². The maximum absolute atomic E-state index is 13.1. The Hall–Kier alpha value is -4.67. The molecule has 3 heterocycles. The van der Waals surface area contributed by atoms with Gasteiger partial charge < -0.3 is 25.6 Å². The molecule has 5 rings (SSSR count). The van der Waals surface area contributed by atoms with Gasteiger partial charge in [0.25, 0.3) is 5.91 Å². The van der Waals surface area contributed by atoms with E-state index in [9.17, 15) is 14.0 Å². The minimum Gasteiger partial charge on any atom is -0.492 e. The smallest absolute Gasteiger partial charge is 0.251 e. The van der Waals surface area contributed by atoms with E-state index in [1.165, 1.54) is 12.1 Å². The first-order chi connectivity index (χ1) is 19.9. The number of amides is 2. The molecular formula is C30H34FN7O3. The van der Waals surface area contributed by atoms with Gasteiger partial charge in [-0.15, -0.1) is 5.10 Å². The van der Waals surface area contributed by atoms with Crippen molar-refractivity contribution in [3.05, 3.63) is 77.7 Å². The van der Waals surface area contributed by atoms with Gasteiger partial charge in [0, 0.05) is 31.2 Å². The molecule has 1 aliphatic heterocycles. The van der Waals surface area contributed by atoms with Gasteiger partial charge >= 0.3 is 0 Å². The van der Waals surface area contributed by atoms with E-state index in [2.05, 4.69) is 30.9 Å². The monoisotopic (exact) mass is 559 g/mol. The molecule has 1 aliphatic rings. The molecule has 1 fully saturated rings. The SMILES string of the molecule is CCNC(=O)c1ccc(Nc2nc3ccc(N4CCC(NC(=O)Cc5ccc(F)cc5)CC4)cn3n2)c(OCC)c1. The Morgan fingerprint density at radius 1 is 1.05 bits per heavy atom. The van der Waals surface area contributed by atoms with Crippen LogP contribution >= 0.6 is 0 Å². The third-order valence-electron chi connectivity index (χ3n) is 6.95. The summed E-state index contributed by atoms with van der Waals surface area (Å²) in [5.41, 5.74) is 3.69. The zero-order valence-electron chi connectivity index (χ0n) is 23.2. The fraction of sp³-hybridized carbons (Fsp3) is 0.333. The number of nitrogens with one attached hydrogen (secondary N) is 3. The number of hydrogen-bond donors (Lipinski definition) is 3. The van der Waals surface area contributed by atoms with Crippen LogP contribution in [0.15, 0.2) is 60.8 Å².